The molecule has 2 unspecified atom stereocenters. The largest absolute Gasteiger partial charge is 0.147 e. The van der Waals surface area contributed by atoms with Gasteiger partial charge in [-0.25, -0.2) is 0 Å². The number of hydrogen-bond acceptors (Lipinski definition) is 2. The molecule has 8 rings (SSSR count). The first-order chi connectivity index (χ1) is 23.3. The van der Waals surface area contributed by atoms with Crippen molar-refractivity contribution in [3.8, 4) is 22.5 Å². The van der Waals surface area contributed by atoms with Crippen LogP contribution in [0.15, 0.2) is 145 Å². The zero-order valence-electron chi connectivity index (χ0n) is 28.9. The Labute approximate surface area is 311 Å². The van der Waals surface area contributed by atoms with Crippen molar-refractivity contribution in [1.29, 1.82) is 0 Å². The molecular formula is C44H42Cl2N2SiZr. The van der Waals surface area contributed by atoms with E-state index in [0.29, 0.717) is 0 Å². The molecule has 250 valence electrons. The van der Waals surface area contributed by atoms with Gasteiger partial charge in [-0.1, -0.05) is 0 Å². The van der Waals surface area contributed by atoms with E-state index in [9.17, 15) is 0 Å². The second-order valence-corrected chi connectivity index (χ2v) is 36.7. The Kier molecular flexibility index (Phi) is 9.98. The average Bonchev–Trinajstić information content (AvgIpc) is 3.68. The molecule has 0 radical (unpaired) electrons. The Morgan fingerprint density at radius 3 is 1.22 bits per heavy atom. The summed E-state index contributed by atoms with van der Waals surface area (Å²) in [7, 11) is 0. The summed E-state index contributed by atoms with van der Waals surface area (Å²) in [6, 6.07) is 45.1. The van der Waals surface area contributed by atoms with Gasteiger partial charge in [0.2, 0.25) is 0 Å². The Morgan fingerprint density at radius 2 is 0.860 bits per heavy atom. The van der Waals surface area contributed by atoms with Gasteiger partial charge in [-0.05, 0) is 0 Å². The molecule has 4 aromatic carbocycles. The number of nitrogens with zero attached hydrogens (tertiary/aromatic N) is 2. The van der Waals surface area contributed by atoms with Crippen LogP contribution >= 0.6 is 24.8 Å². The number of halogens is 2. The number of allylic oxidation sites excluding steroid dienone is 2. The summed E-state index contributed by atoms with van der Waals surface area (Å²) >= 11 is -4.74. The van der Waals surface area contributed by atoms with Gasteiger partial charge in [-0.2, -0.15) is 0 Å². The van der Waals surface area contributed by atoms with Crippen LogP contribution in [0.4, 0.5) is 0 Å². The third-order valence-corrected chi connectivity index (χ3v) is 39.5. The minimum absolute atomic E-state index is 0. The number of aromatic nitrogens is 2. The fraction of sp³-hybridized carbons (Fsp3) is 0.136. The molecule has 2 heterocycles. The Hall–Kier alpha value is -3.66. The van der Waals surface area contributed by atoms with E-state index in [0.717, 1.165) is 11.4 Å². The molecule has 6 aromatic rings. The fourth-order valence-corrected chi connectivity index (χ4v) is 38.9. The van der Waals surface area contributed by atoms with Crippen molar-refractivity contribution in [3.05, 3.63) is 178 Å². The van der Waals surface area contributed by atoms with Crippen molar-refractivity contribution in [2.24, 2.45) is 0 Å². The quantitative estimate of drug-likeness (QED) is 0.157. The van der Waals surface area contributed by atoms with Crippen LogP contribution in [0.1, 0.15) is 54.5 Å². The van der Waals surface area contributed by atoms with Gasteiger partial charge < -0.3 is 0 Å². The van der Waals surface area contributed by atoms with Crippen LogP contribution in [-0.4, -0.2) is 16.8 Å². The van der Waals surface area contributed by atoms with Crippen LogP contribution in [0.25, 0.3) is 34.7 Å². The number of rotatable bonds is 6. The smallest absolute Gasteiger partial charge is 0.147 e. The summed E-state index contributed by atoms with van der Waals surface area (Å²) in [5, 5.41) is 0. The van der Waals surface area contributed by atoms with Crippen LogP contribution in [0.3, 0.4) is 0 Å². The third-order valence-electron chi connectivity index (χ3n) is 11.4. The molecule has 50 heavy (non-hydrogen) atoms. The van der Waals surface area contributed by atoms with E-state index in [-0.39, 0.29) is 32.1 Å². The van der Waals surface area contributed by atoms with Gasteiger partial charge in [0.1, 0.15) is 0 Å². The molecule has 0 saturated carbocycles. The Morgan fingerprint density at radius 1 is 0.480 bits per heavy atom. The van der Waals surface area contributed by atoms with Gasteiger partial charge in [-0.3, -0.25) is 0 Å². The second-order valence-electron chi connectivity index (χ2n) is 14.0. The first-order valence-corrected chi connectivity index (χ1v) is 28.1. The van der Waals surface area contributed by atoms with Gasteiger partial charge in [0, 0.05) is 0 Å². The number of pyridine rings is 2. The molecule has 2 atom stereocenters. The van der Waals surface area contributed by atoms with Crippen LogP contribution in [-0.2, 0) is 17.4 Å². The summed E-state index contributed by atoms with van der Waals surface area (Å²) in [6.45, 7) is 11.9. The number of aryl methyl sites for hydroxylation is 2. The van der Waals surface area contributed by atoms with E-state index in [1.807, 2.05) is 24.5 Å². The van der Waals surface area contributed by atoms with Crippen molar-refractivity contribution in [3.63, 3.8) is 0 Å². The summed E-state index contributed by atoms with van der Waals surface area (Å²) in [4.78, 5) is 9.69. The van der Waals surface area contributed by atoms with Crippen molar-refractivity contribution in [2.75, 3.05) is 0 Å². The number of fused-ring (bicyclic) bond motifs is 2. The predicted molar refractivity (Wildman–Crippen MR) is 217 cm³/mol. The zero-order chi connectivity index (χ0) is 33.1. The summed E-state index contributed by atoms with van der Waals surface area (Å²) in [5.74, 6) is 0. The van der Waals surface area contributed by atoms with Crippen molar-refractivity contribution < 1.29 is 17.4 Å². The first kappa shape index (κ1) is 36.1. The molecule has 2 nitrogen and oxygen atoms in total. The molecule has 0 spiro atoms. The van der Waals surface area contributed by atoms with Gasteiger partial charge in [0.15, 0.2) is 0 Å². The maximum atomic E-state index is 4.85. The Balaban J connectivity index is 0.00000216. The molecular weight excluding hydrogens is 747 g/mol. The number of benzene rings is 4. The standard InChI is InChI=1S/2C16H14N.2C6H5.2ClH.H2Si.Zr/c2*1-11-9-14-12(2)6-7-13(15(14)10-11)16-5-3-4-8-17-16;2*1-2-4-6-5-3-1;;;;/h2*3-10H,1-2H3;2*1-5H;2*1H;1H2;. The molecule has 0 fully saturated rings. The van der Waals surface area contributed by atoms with Crippen molar-refractivity contribution >= 4 is 50.4 Å². The van der Waals surface area contributed by atoms with E-state index in [4.69, 9.17) is 9.97 Å². The topological polar surface area (TPSA) is 25.8 Å². The normalized spacial score (nSPS) is 16.3. The fourth-order valence-electron chi connectivity index (χ4n) is 9.50. The van der Waals surface area contributed by atoms with E-state index < -0.39 is 17.4 Å². The molecule has 2 aromatic heterocycles. The molecule has 0 amide bonds. The molecule has 2 aliphatic rings. The van der Waals surface area contributed by atoms with Gasteiger partial charge in [0.05, 0.1) is 0 Å². The Bertz CT molecular complexity index is 2170. The van der Waals surface area contributed by atoms with E-state index in [2.05, 4.69) is 156 Å². The summed E-state index contributed by atoms with van der Waals surface area (Å²) in [5.41, 5.74) is 15.8. The zero-order valence-corrected chi connectivity index (χ0v) is 34.4. The number of hydrogen-bond donors (Lipinski definition) is 0. The van der Waals surface area contributed by atoms with Crippen molar-refractivity contribution in [2.45, 2.75) is 34.9 Å². The second kappa shape index (κ2) is 13.8. The van der Waals surface area contributed by atoms with Crippen LogP contribution in [0, 0.1) is 13.8 Å². The minimum atomic E-state index is -4.74. The van der Waals surface area contributed by atoms with E-state index >= 15 is 0 Å². The molecule has 0 aliphatic heterocycles. The monoisotopic (exact) mass is 786 g/mol. The molecule has 0 N–H and O–H groups in total. The summed E-state index contributed by atoms with van der Waals surface area (Å²) in [6.07, 6.45) is 8.85. The van der Waals surface area contributed by atoms with Crippen molar-refractivity contribution in [1.82, 2.24) is 9.97 Å². The maximum Gasteiger partial charge on any atom is -0.147 e. The predicted octanol–water partition coefficient (Wildman–Crippen LogP) is 9.78. The van der Waals surface area contributed by atoms with Gasteiger partial charge in [-0.15, -0.1) is 24.8 Å². The average molecular weight is 789 g/mol. The first-order valence-electron chi connectivity index (χ1n) is 16.9. The minimum Gasteiger partial charge on any atom is -0.147 e. The summed E-state index contributed by atoms with van der Waals surface area (Å²) < 4.78 is 3.57. The maximum absolute atomic E-state index is 4.85. The third kappa shape index (κ3) is 5.22. The molecule has 2 aliphatic carbocycles. The van der Waals surface area contributed by atoms with Crippen LogP contribution in [0.2, 0.25) is 0 Å². The van der Waals surface area contributed by atoms with Gasteiger partial charge >= 0.3 is 289 Å². The van der Waals surface area contributed by atoms with Gasteiger partial charge in [0.25, 0.3) is 0 Å². The van der Waals surface area contributed by atoms with E-state index in [1.54, 1.807) is 0 Å². The SMILES string of the molecule is CC1=Cc2c(-c3ccccn3)ccc(C)c2[CH]1[Zr](=[SiH2])([c]1ccccc1)([c]1ccccc1)[CH]1C(C)=Cc2c(-c3ccccn3)ccc(C)c21.Cl.Cl. The molecule has 0 saturated heterocycles. The molecule has 6 heteroatoms. The van der Waals surface area contributed by atoms with Crippen LogP contribution in [0.5, 0.6) is 0 Å². The van der Waals surface area contributed by atoms with Crippen LogP contribution < -0.4 is 6.54 Å². The molecule has 0 bridgehead atoms. The van der Waals surface area contributed by atoms with E-state index in [1.165, 1.54) is 62.2 Å².